The average Bonchev–Trinajstić information content (AvgIpc) is 3.66. The van der Waals surface area contributed by atoms with E-state index in [0.29, 0.717) is 0 Å². The van der Waals surface area contributed by atoms with Gasteiger partial charge in [-0.05, 0) is 46.2 Å². The number of hydrogen-bond acceptors (Lipinski definition) is 4. The average molecular weight is 557 g/mol. The zero-order valence-electron chi connectivity index (χ0n) is 23.2. The lowest BCUT2D eigenvalue weighted by atomic mass is 9.92. The van der Waals surface area contributed by atoms with Crippen LogP contribution in [0.15, 0.2) is 121 Å². The minimum Gasteiger partial charge on any atom is -0.462 e. The first-order valence-corrected chi connectivity index (χ1v) is 14.2. The Bertz CT molecular complexity index is 1590. The molecule has 4 aromatic carbocycles. The van der Waals surface area contributed by atoms with Gasteiger partial charge in [-0.15, -0.1) is 0 Å². The maximum Gasteiger partial charge on any atom is 0.306 e. The van der Waals surface area contributed by atoms with Crippen molar-refractivity contribution in [2.45, 2.75) is 24.7 Å². The van der Waals surface area contributed by atoms with Crippen LogP contribution in [0.5, 0.6) is 0 Å². The summed E-state index contributed by atoms with van der Waals surface area (Å²) in [5, 5.41) is 2.19. The highest BCUT2D eigenvalue weighted by molar-refractivity contribution is 5.82. The number of rotatable bonds is 11. The molecule has 0 amide bonds. The van der Waals surface area contributed by atoms with Crippen LogP contribution < -0.4 is 0 Å². The standard InChI is InChI=1S/C36H32N2O4/c39-35(23-29(25-11-3-1-4-12-25)33-21-27-15-7-9-17-31(27)37-33)41-19-20-42-36(40)24-30(26-13-5-2-6-14-26)34-22-28-16-8-10-18-32(28)38-34/h1-18,21-22,29-30,37-38H,19-20,23-24H2. The molecule has 0 aliphatic carbocycles. The fraction of sp³-hybridized carbons (Fsp3) is 0.167. The van der Waals surface area contributed by atoms with Crippen molar-refractivity contribution in [3.8, 4) is 0 Å². The van der Waals surface area contributed by atoms with Crippen LogP contribution in [0.4, 0.5) is 0 Å². The van der Waals surface area contributed by atoms with E-state index in [1.165, 1.54) is 0 Å². The largest absolute Gasteiger partial charge is 0.462 e. The molecule has 0 fully saturated rings. The lowest BCUT2D eigenvalue weighted by Crippen LogP contribution is -2.18. The quantitative estimate of drug-likeness (QED) is 0.128. The minimum atomic E-state index is -0.348. The van der Waals surface area contributed by atoms with E-state index in [-0.39, 0.29) is 49.8 Å². The van der Waals surface area contributed by atoms with Crippen molar-refractivity contribution >= 4 is 33.7 Å². The first kappa shape index (κ1) is 27.1. The van der Waals surface area contributed by atoms with E-state index in [1.807, 2.05) is 109 Å². The molecule has 2 atom stereocenters. The summed E-state index contributed by atoms with van der Waals surface area (Å²) in [6, 6.07) is 40.1. The fourth-order valence-electron chi connectivity index (χ4n) is 5.51. The van der Waals surface area contributed by atoms with Gasteiger partial charge in [-0.2, -0.15) is 0 Å². The van der Waals surface area contributed by atoms with Crippen LogP contribution >= 0.6 is 0 Å². The zero-order valence-corrected chi connectivity index (χ0v) is 23.2. The van der Waals surface area contributed by atoms with Crippen LogP contribution in [-0.2, 0) is 19.1 Å². The van der Waals surface area contributed by atoms with Crippen LogP contribution in [0.2, 0.25) is 0 Å². The van der Waals surface area contributed by atoms with Crippen molar-refractivity contribution in [1.29, 1.82) is 0 Å². The van der Waals surface area contributed by atoms with Gasteiger partial charge in [0.05, 0.1) is 12.8 Å². The summed E-state index contributed by atoms with van der Waals surface area (Å²) >= 11 is 0. The molecular weight excluding hydrogens is 524 g/mol. The predicted molar refractivity (Wildman–Crippen MR) is 164 cm³/mol. The molecule has 210 valence electrons. The molecule has 2 unspecified atom stereocenters. The monoisotopic (exact) mass is 556 g/mol. The molecule has 0 radical (unpaired) electrons. The number of benzene rings is 4. The number of nitrogens with one attached hydrogen (secondary N) is 2. The molecule has 42 heavy (non-hydrogen) atoms. The summed E-state index contributed by atoms with van der Waals surface area (Å²) in [7, 11) is 0. The topological polar surface area (TPSA) is 84.2 Å². The van der Waals surface area contributed by atoms with Gasteiger partial charge in [0.15, 0.2) is 0 Å². The molecule has 6 aromatic rings. The molecule has 6 rings (SSSR count). The molecule has 6 nitrogen and oxygen atoms in total. The molecule has 2 aromatic heterocycles. The van der Waals surface area contributed by atoms with Crippen LogP contribution in [0.3, 0.4) is 0 Å². The number of ether oxygens (including phenoxy) is 2. The lowest BCUT2D eigenvalue weighted by molar-refractivity contribution is -0.152. The highest BCUT2D eigenvalue weighted by Gasteiger charge is 2.23. The Hall–Kier alpha value is -5.10. The zero-order chi connectivity index (χ0) is 28.7. The highest BCUT2D eigenvalue weighted by Crippen LogP contribution is 2.32. The molecule has 0 spiro atoms. The summed E-state index contributed by atoms with van der Waals surface area (Å²) in [5.74, 6) is -1.06. The van der Waals surface area contributed by atoms with E-state index in [9.17, 15) is 9.59 Å². The number of H-pyrrole nitrogens is 2. The normalized spacial score (nSPS) is 12.7. The Balaban J connectivity index is 1.06. The number of aromatic amines is 2. The van der Waals surface area contributed by atoms with Crippen LogP contribution in [0.1, 0.15) is 47.2 Å². The molecule has 0 bridgehead atoms. The van der Waals surface area contributed by atoms with Crippen molar-refractivity contribution in [1.82, 2.24) is 9.97 Å². The first-order valence-electron chi connectivity index (χ1n) is 14.2. The number of esters is 2. The van der Waals surface area contributed by atoms with Crippen LogP contribution in [0.25, 0.3) is 21.8 Å². The molecular formula is C36H32N2O4. The number of carbonyl (C=O) groups is 2. The van der Waals surface area contributed by atoms with Gasteiger partial charge in [0.1, 0.15) is 13.2 Å². The number of para-hydroxylation sites is 2. The third-order valence-corrected chi connectivity index (χ3v) is 7.61. The van der Waals surface area contributed by atoms with Crippen molar-refractivity contribution in [3.63, 3.8) is 0 Å². The molecule has 0 aliphatic heterocycles. The maximum absolute atomic E-state index is 12.9. The van der Waals surface area contributed by atoms with Crippen molar-refractivity contribution < 1.29 is 19.1 Å². The number of carbonyl (C=O) groups excluding carboxylic acids is 2. The number of aromatic nitrogens is 2. The van der Waals surface area contributed by atoms with Crippen LogP contribution in [0, 0.1) is 0 Å². The molecule has 2 N–H and O–H groups in total. The second-order valence-corrected chi connectivity index (χ2v) is 10.4. The van der Waals surface area contributed by atoms with E-state index >= 15 is 0 Å². The Labute approximate surface area is 244 Å². The third-order valence-electron chi connectivity index (χ3n) is 7.61. The van der Waals surface area contributed by atoms with Crippen molar-refractivity contribution in [2.75, 3.05) is 13.2 Å². The van der Waals surface area contributed by atoms with Gasteiger partial charge in [0.2, 0.25) is 0 Å². The van der Waals surface area contributed by atoms with Gasteiger partial charge >= 0.3 is 11.9 Å². The van der Waals surface area contributed by atoms with E-state index in [0.717, 1.165) is 44.3 Å². The summed E-state index contributed by atoms with van der Waals surface area (Å²) in [6.45, 7) is 0.00233. The fourth-order valence-corrected chi connectivity index (χ4v) is 5.51. The van der Waals surface area contributed by atoms with Crippen LogP contribution in [-0.4, -0.2) is 35.1 Å². The van der Waals surface area contributed by atoms with Gasteiger partial charge in [-0.3, -0.25) is 9.59 Å². The Morgan fingerprint density at radius 1 is 0.524 bits per heavy atom. The Morgan fingerprint density at radius 2 is 0.905 bits per heavy atom. The SMILES string of the molecule is O=C(CC(c1ccccc1)c1cc2ccccc2[nH]1)OCCOC(=O)CC(c1ccccc1)c1cc2ccccc2[nH]1. The Morgan fingerprint density at radius 3 is 1.31 bits per heavy atom. The molecule has 0 saturated carbocycles. The summed E-state index contributed by atoms with van der Waals surface area (Å²) < 4.78 is 11.0. The van der Waals surface area contributed by atoms with Gasteiger partial charge in [-0.1, -0.05) is 97.1 Å². The van der Waals surface area contributed by atoms with E-state index in [4.69, 9.17) is 9.47 Å². The second kappa shape index (κ2) is 12.6. The predicted octanol–water partition coefficient (Wildman–Crippen LogP) is 7.48. The third kappa shape index (κ3) is 6.28. The minimum absolute atomic E-state index is 0.00117. The van der Waals surface area contributed by atoms with Gasteiger partial charge in [0.25, 0.3) is 0 Å². The lowest BCUT2D eigenvalue weighted by Gasteiger charge is -2.17. The number of hydrogen-bond donors (Lipinski definition) is 2. The van der Waals surface area contributed by atoms with E-state index in [1.54, 1.807) is 0 Å². The smallest absolute Gasteiger partial charge is 0.306 e. The van der Waals surface area contributed by atoms with Gasteiger partial charge in [0, 0.05) is 34.3 Å². The number of fused-ring (bicyclic) bond motifs is 2. The van der Waals surface area contributed by atoms with Gasteiger partial charge < -0.3 is 19.4 Å². The van der Waals surface area contributed by atoms with E-state index in [2.05, 4.69) is 22.1 Å². The molecule has 6 heteroatoms. The first-order chi connectivity index (χ1) is 20.6. The highest BCUT2D eigenvalue weighted by atomic mass is 16.6. The summed E-state index contributed by atoms with van der Waals surface area (Å²) in [5.41, 5.74) is 6.00. The van der Waals surface area contributed by atoms with Crippen molar-refractivity contribution in [2.24, 2.45) is 0 Å². The summed E-state index contributed by atoms with van der Waals surface area (Å²) in [6.07, 6.45) is 0.336. The molecule has 0 aliphatic rings. The van der Waals surface area contributed by atoms with E-state index < -0.39 is 0 Å². The Kier molecular flexibility index (Phi) is 8.13. The van der Waals surface area contributed by atoms with Crippen molar-refractivity contribution in [3.05, 3.63) is 144 Å². The van der Waals surface area contributed by atoms with Gasteiger partial charge in [-0.25, -0.2) is 0 Å². The molecule has 0 saturated heterocycles. The molecule has 2 heterocycles. The maximum atomic E-state index is 12.9. The second-order valence-electron chi connectivity index (χ2n) is 10.4. The summed E-state index contributed by atoms with van der Waals surface area (Å²) in [4.78, 5) is 32.7.